The first-order chi connectivity index (χ1) is 9.56. The summed E-state index contributed by atoms with van der Waals surface area (Å²) in [6.45, 7) is -0.969. The summed E-state index contributed by atoms with van der Waals surface area (Å²) in [5.74, 6) is 0.171. The molecule has 0 aliphatic heterocycles. The fourth-order valence-corrected chi connectivity index (χ4v) is 2.14. The zero-order valence-corrected chi connectivity index (χ0v) is 11.6. The van der Waals surface area contributed by atoms with Gasteiger partial charge in [0.25, 0.3) is 0 Å². The fraction of sp³-hybridized carbons (Fsp3) is 0.200. The Morgan fingerprint density at radius 1 is 1.10 bits per heavy atom. The van der Waals surface area contributed by atoms with E-state index in [-0.39, 0.29) is 11.8 Å². The molecule has 0 aliphatic carbocycles. The zero-order chi connectivity index (χ0) is 14.5. The summed E-state index contributed by atoms with van der Waals surface area (Å²) in [6.07, 6.45) is 0. The number of anilines is 1. The summed E-state index contributed by atoms with van der Waals surface area (Å²) in [7, 11) is 0. The lowest BCUT2D eigenvalue weighted by Gasteiger charge is -2.19. The van der Waals surface area contributed by atoms with Crippen LogP contribution >= 0.6 is 11.6 Å². The summed E-state index contributed by atoms with van der Waals surface area (Å²) in [5.41, 5.74) is 1.48. The van der Waals surface area contributed by atoms with Crippen LogP contribution in [0, 0.1) is 0 Å². The first-order valence-electron chi connectivity index (χ1n) is 6.12. The third-order valence-corrected chi connectivity index (χ3v) is 3.04. The van der Waals surface area contributed by atoms with E-state index in [4.69, 9.17) is 11.6 Å². The van der Waals surface area contributed by atoms with Gasteiger partial charge in [-0.2, -0.15) is 8.78 Å². The molecule has 0 amide bonds. The van der Waals surface area contributed by atoms with Gasteiger partial charge in [-0.3, -0.25) is 0 Å². The Kier molecular flexibility index (Phi) is 4.79. The molecule has 0 spiro atoms. The van der Waals surface area contributed by atoms with E-state index in [2.05, 4.69) is 10.1 Å². The lowest BCUT2D eigenvalue weighted by atomic mass is 10.1. The summed E-state index contributed by atoms with van der Waals surface area (Å²) in [4.78, 5) is 0. The minimum absolute atomic E-state index is 0.171. The molecular weight excluding hydrogens is 284 g/mol. The second-order valence-corrected chi connectivity index (χ2v) is 4.73. The lowest BCUT2D eigenvalue weighted by Crippen LogP contribution is -2.11. The first kappa shape index (κ1) is 14.6. The highest BCUT2D eigenvalue weighted by atomic mass is 35.5. The standard InChI is InChI=1S/C15H14ClF2NO/c1-10(19-12-6-4-5-11(16)9-12)13-7-2-3-8-14(13)20-15(17)18/h2-10,15,19H,1H3. The van der Waals surface area contributed by atoms with Crippen LogP contribution in [0.25, 0.3) is 0 Å². The molecule has 0 radical (unpaired) electrons. The minimum Gasteiger partial charge on any atom is -0.434 e. The number of alkyl halides is 2. The van der Waals surface area contributed by atoms with Crippen LogP contribution in [0.5, 0.6) is 5.75 Å². The van der Waals surface area contributed by atoms with Crippen LogP contribution < -0.4 is 10.1 Å². The molecule has 1 unspecified atom stereocenters. The van der Waals surface area contributed by atoms with Gasteiger partial charge in [0, 0.05) is 16.3 Å². The SMILES string of the molecule is CC(Nc1cccc(Cl)c1)c1ccccc1OC(F)F. The van der Waals surface area contributed by atoms with Crippen molar-refractivity contribution in [2.24, 2.45) is 0 Å². The number of halogens is 3. The van der Waals surface area contributed by atoms with Gasteiger partial charge in [0.2, 0.25) is 0 Å². The van der Waals surface area contributed by atoms with Gasteiger partial charge >= 0.3 is 6.61 Å². The Bertz CT molecular complexity index is 577. The molecule has 0 heterocycles. The van der Waals surface area contributed by atoms with E-state index in [1.54, 1.807) is 30.3 Å². The quantitative estimate of drug-likeness (QED) is 0.827. The highest BCUT2D eigenvalue weighted by molar-refractivity contribution is 6.30. The maximum atomic E-state index is 12.4. The predicted octanol–water partition coefficient (Wildman–Crippen LogP) is 5.11. The van der Waals surface area contributed by atoms with E-state index in [0.29, 0.717) is 10.6 Å². The third-order valence-electron chi connectivity index (χ3n) is 2.81. The van der Waals surface area contributed by atoms with Crippen LogP contribution in [0.15, 0.2) is 48.5 Å². The maximum absolute atomic E-state index is 12.4. The second kappa shape index (κ2) is 6.57. The van der Waals surface area contributed by atoms with E-state index >= 15 is 0 Å². The predicted molar refractivity (Wildman–Crippen MR) is 76.6 cm³/mol. The van der Waals surface area contributed by atoms with Crippen molar-refractivity contribution in [1.82, 2.24) is 0 Å². The highest BCUT2D eigenvalue weighted by Gasteiger charge is 2.14. The Hall–Kier alpha value is -1.81. The number of ether oxygens (including phenoxy) is 1. The molecule has 0 bridgehead atoms. The molecule has 20 heavy (non-hydrogen) atoms. The van der Waals surface area contributed by atoms with Gasteiger partial charge in [0.15, 0.2) is 0 Å². The molecule has 1 N–H and O–H groups in total. The molecule has 0 saturated carbocycles. The molecular formula is C15H14ClF2NO. The van der Waals surface area contributed by atoms with Crippen molar-refractivity contribution in [1.29, 1.82) is 0 Å². The van der Waals surface area contributed by atoms with Crippen molar-refractivity contribution in [2.45, 2.75) is 19.6 Å². The van der Waals surface area contributed by atoms with Gasteiger partial charge in [-0.15, -0.1) is 0 Å². The minimum atomic E-state index is -2.84. The van der Waals surface area contributed by atoms with E-state index < -0.39 is 6.61 Å². The third kappa shape index (κ3) is 3.84. The number of rotatable bonds is 5. The van der Waals surface area contributed by atoms with Gasteiger partial charge in [-0.25, -0.2) is 0 Å². The molecule has 106 valence electrons. The van der Waals surface area contributed by atoms with Gasteiger partial charge < -0.3 is 10.1 Å². The number of nitrogens with one attached hydrogen (secondary N) is 1. The van der Waals surface area contributed by atoms with Gasteiger partial charge in [-0.1, -0.05) is 35.9 Å². The molecule has 2 aromatic carbocycles. The topological polar surface area (TPSA) is 21.3 Å². The van der Waals surface area contributed by atoms with Crippen molar-refractivity contribution >= 4 is 17.3 Å². The van der Waals surface area contributed by atoms with Crippen molar-refractivity contribution in [2.75, 3.05) is 5.32 Å². The van der Waals surface area contributed by atoms with Crippen LogP contribution in [0.3, 0.4) is 0 Å². The number of benzene rings is 2. The Labute approximate surface area is 121 Å². The summed E-state index contributed by atoms with van der Waals surface area (Å²) in [5, 5.41) is 3.81. The average molecular weight is 298 g/mol. The van der Waals surface area contributed by atoms with Crippen molar-refractivity contribution in [3.05, 3.63) is 59.1 Å². The molecule has 2 nitrogen and oxygen atoms in total. The lowest BCUT2D eigenvalue weighted by molar-refractivity contribution is -0.0505. The molecule has 1 atom stereocenters. The smallest absolute Gasteiger partial charge is 0.387 e. The summed E-state index contributed by atoms with van der Waals surface area (Å²) >= 11 is 5.91. The van der Waals surface area contributed by atoms with Crippen molar-refractivity contribution in [3.63, 3.8) is 0 Å². The maximum Gasteiger partial charge on any atom is 0.387 e. The van der Waals surface area contributed by atoms with Gasteiger partial charge in [0.05, 0.1) is 6.04 Å². The number of para-hydroxylation sites is 1. The first-order valence-corrected chi connectivity index (χ1v) is 6.50. The highest BCUT2D eigenvalue weighted by Crippen LogP contribution is 2.29. The zero-order valence-electron chi connectivity index (χ0n) is 10.8. The second-order valence-electron chi connectivity index (χ2n) is 4.29. The van der Waals surface area contributed by atoms with Crippen molar-refractivity contribution in [3.8, 4) is 5.75 Å². The summed E-state index contributed by atoms with van der Waals surface area (Å²) < 4.78 is 29.3. The fourth-order valence-electron chi connectivity index (χ4n) is 1.95. The van der Waals surface area contributed by atoms with E-state index in [0.717, 1.165) is 5.69 Å². The number of hydrogen-bond donors (Lipinski definition) is 1. The van der Waals surface area contributed by atoms with E-state index in [1.807, 2.05) is 19.1 Å². The van der Waals surface area contributed by atoms with Crippen LogP contribution in [-0.2, 0) is 0 Å². The largest absolute Gasteiger partial charge is 0.434 e. The molecule has 5 heteroatoms. The van der Waals surface area contributed by atoms with Gasteiger partial charge in [0.1, 0.15) is 5.75 Å². The molecule has 0 aromatic heterocycles. The molecule has 2 rings (SSSR count). The van der Waals surface area contributed by atoms with Crippen molar-refractivity contribution < 1.29 is 13.5 Å². The van der Waals surface area contributed by atoms with E-state index in [1.165, 1.54) is 6.07 Å². The monoisotopic (exact) mass is 297 g/mol. The van der Waals surface area contributed by atoms with Crippen LogP contribution in [-0.4, -0.2) is 6.61 Å². The van der Waals surface area contributed by atoms with Crippen LogP contribution in [0.4, 0.5) is 14.5 Å². The molecule has 0 aliphatic rings. The Morgan fingerprint density at radius 3 is 2.55 bits per heavy atom. The Balaban J connectivity index is 2.18. The van der Waals surface area contributed by atoms with E-state index in [9.17, 15) is 8.78 Å². The molecule has 0 saturated heterocycles. The van der Waals surface area contributed by atoms with Crippen LogP contribution in [0.2, 0.25) is 5.02 Å². The molecule has 0 fully saturated rings. The Morgan fingerprint density at radius 2 is 1.85 bits per heavy atom. The average Bonchev–Trinajstić information content (AvgIpc) is 2.38. The molecule has 2 aromatic rings. The van der Waals surface area contributed by atoms with Gasteiger partial charge in [-0.05, 0) is 31.2 Å². The van der Waals surface area contributed by atoms with Crippen LogP contribution in [0.1, 0.15) is 18.5 Å². The summed E-state index contributed by atoms with van der Waals surface area (Å²) in [6, 6.07) is 13.7. The number of hydrogen-bond acceptors (Lipinski definition) is 2. The normalized spacial score (nSPS) is 12.2.